The van der Waals surface area contributed by atoms with Crippen molar-refractivity contribution in [3.63, 3.8) is 0 Å². The molecule has 0 fully saturated rings. The van der Waals surface area contributed by atoms with Gasteiger partial charge < -0.3 is 14.6 Å². The molecule has 0 saturated carbocycles. The van der Waals surface area contributed by atoms with Gasteiger partial charge in [-0.05, 0) is 37.7 Å². The van der Waals surface area contributed by atoms with Crippen LogP contribution in [0.4, 0.5) is 0 Å². The minimum atomic E-state index is -1.19. The number of carbonyl (C=O) groups is 1. The predicted molar refractivity (Wildman–Crippen MR) is 79.5 cm³/mol. The number of carboxylic acids is 1. The molecule has 2 aromatic heterocycles. The maximum Gasteiger partial charge on any atom is 0.341 e. The first-order valence-corrected chi connectivity index (χ1v) is 7.04. The van der Waals surface area contributed by atoms with Crippen molar-refractivity contribution in [1.82, 2.24) is 9.47 Å². The van der Waals surface area contributed by atoms with Crippen LogP contribution >= 0.6 is 11.3 Å². The smallest absolute Gasteiger partial charge is 0.341 e. The standard InChI is InChI=1S/C14H16N2O3S/c1-15(2)7-8-16-11(12-4-3-9-20-12)6-5-10(13(16)17)14(18)19/h3-6,9H,7-8H2,1-2H3,(H,18,19). The summed E-state index contributed by atoms with van der Waals surface area (Å²) >= 11 is 1.53. The van der Waals surface area contributed by atoms with E-state index in [2.05, 4.69) is 0 Å². The second-order valence-corrected chi connectivity index (χ2v) is 5.62. The van der Waals surface area contributed by atoms with Crippen molar-refractivity contribution < 1.29 is 9.90 Å². The van der Waals surface area contributed by atoms with Crippen LogP contribution in [0, 0.1) is 0 Å². The lowest BCUT2D eigenvalue weighted by atomic mass is 10.2. The topological polar surface area (TPSA) is 62.5 Å². The maximum atomic E-state index is 12.3. The highest BCUT2D eigenvalue weighted by molar-refractivity contribution is 7.13. The van der Waals surface area contributed by atoms with Crippen LogP contribution < -0.4 is 5.56 Å². The van der Waals surface area contributed by atoms with Crippen molar-refractivity contribution in [3.05, 3.63) is 45.6 Å². The first-order chi connectivity index (χ1) is 9.50. The van der Waals surface area contributed by atoms with E-state index >= 15 is 0 Å². The number of aromatic nitrogens is 1. The predicted octanol–water partition coefficient (Wildman–Crippen LogP) is 1.84. The summed E-state index contributed by atoms with van der Waals surface area (Å²) in [6.07, 6.45) is 0. The number of hydrogen-bond acceptors (Lipinski definition) is 4. The van der Waals surface area contributed by atoms with E-state index in [4.69, 9.17) is 5.11 Å². The van der Waals surface area contributed by atoms with E-state index in [-0.39, 0.29) is 5.56 Å². The Morgan fingerprint density at radius 1 is 1.35 bits per heavy atom. The van der Waals surface area contributed by atoms with Crippen molar-refractivity contribution in [2.24, 2.45) is 0 Å². The minimum absolute atomic E-state index is 0.191. The third-order valence-electron chi connectivity index (χ3n) is 2.95. The van der Waals surface area contributed by atoms with Crippen LogP contribution in [-0.4, -0.2) is 41.2 Å². The van der Waals surface area contributed by atoms with Crippen LogP contribution in [0.2, 0.25) is 0 Å². The summed E-state index contributed by atoms with van der Waals surface area (Å²) in [6, 6.07) is 6.91. The number of pyridine rings is 1. The number of carboxylic acid groups (broad SMARTS) is 1. The summed E-state index contributed by atoms with van der Waals surface area (Å²) in [6.45, 7) is 1.13. The van der Waals surface area contributed by atoms with Crippen LogP contribution in [0.1, 0.15) is 10.4 Å². The molecule has 5 nitrogen and oxygen atoms in total. The van der Waals surface area contributed by atoms with Crippen molar-refractivity contribution >= 4 is 17.3 Å². The van der Waals surface area contributed by atoms with E-state index in [1.807, 2.05) is 36.5 Å². The highest BCUT2D eigenvalue weighted by Gasteiger charge is 2.15. The Morgan fingerprint density at radius 2 is 2.10 bits per heavy atom. The largest absolute Gasteiger partial charge is 0.477 e. The van der Waals surface area contributed by atoms with E-state index in [0.717, 1.165) is 10.6 Å². The first kappa shape index (κ1) is 14.5. The van der Waals surface area contributed by atoms with Crippen LogP contribution in [0.15, 0.2) is 34.4 Å². The van der Waals surface area contributed by atoms with Gasteiger partial charge in [-0.2, -0.15) is 0 Å². The number of rotatable bonds is 5. The Kier molecular flexibility index (Phi) is 4.36. The Bertz CT molecular complexity index is 660. The molecular weight excluding hydrogens is 276 g/mol. The van der Waals surface area contributed by atoms with Crippen LogP contribution in [-0.2, 0) is 6.54 Å². The molecule has 0 radical (unpaired) electrons. The number of nitrogens with zero attached hydrogens (tertiary/aromatic N) is 2. The summed E-state index contributed by atoms with van der Waals surface area (Å²) < 4.78 is 1.54. The molecule has 0 spiro atoms. The molecule has 0 saturated heterocycles. The van der Waals surface area contributed by atoms with E-state index in [9.17, 15) is 9.59 Å². The molecule has 106 valence electrons. The highest BCUT2D eigenvalue weighted by Crippen LogP contribution is 2.23. The van der Waals surface area contributed by atoms with Crippen LogP contribution in [0.25, 0.3) is 10.6 Å². The summed E-state index contributed by atoms with van der Waals surface area (Å²) in [5, 5.41) is 11.0. The number of thiophene rings is 1. The number of aromatic carboxylic acids is 1. The Morgan fingerprint density at radius 3 is 2.65 bits per heavy atom. The summed E-state index contributed by atoms with van der Waals surface area (Å²) in [5.41, 5.74) is 0.117. The molecule has 0 atom stereocenters. The third-order valence-corrected chi connectivity index (χ3v) is 3.84. The molecule has 0 bridgehead atoms. The molecular formula is C14H16N2O3S. The molecule has 0 aliphatic rings. The van der Waals surface area contributed by atoms with Gasteiger partial charge in [-0.15, -0.1) is 11.3 Å². The molecule has 0 aromatic carbocycles. The van der Waals surface area contributed by atoms with Gasteiger partial charge >= 0.3 is 5.97 Å². The molecule has 1 N–H and O–H groups in total. The number of likely N-dealkylation sites (N-methyl/N-ethyl adjacent to an activating group) is 1. The summed E-state index contributed by atoms with van der Waals surface area (Å²) in [5.74, 6) is -1.19. The van der Waals surface area contributed by atoms with Crippen molar-refractivity contribution in [3.8, 4) is 10.6 Å². The lowest BCUT2D eigenvalue weighted by Crippen LogP contribution is -2.31. The van der Waals surface area contributed by atoms with Crippen LogP contribution in [0.5, 0.6) is 0 Å². The van der Waals surface area contributed by atoms with Crippen LogP contribution in [0.3, 0.4) is 0 Å². The van der Waals surface area contributed by atoms with E-state index in [1.54, 1.807) is 6.07 Å². The van der Waals surface area contributed by atoms with Crippen molar-refractivity contribution in [2.75, 3.05) is 20.6 Å². The Balaban J connectivity index is 2.54. The molecule has 0 amide bonds. The minimum Gasteiger partial charge on any atom is -0.477 e. The van der Waals surface area contributed by atoms with Gasteiger partial charge in [0.05, 0.1) is 10.6 Å². The zero-order chi connectivity index (χ0) is 14.7. The monoisotopic (exact) mass is 292 g/mol. The Labute approximate surface area is 120 Å². The Hall–Kier alpha value is -1.92. The maximum absolute atomic E-state index is 12.3. The first-order valence-electron chi connectivity index (χ1n) is 6.16. The fraction of sp³-hybridized carbons (Fsp3) is 0.286. The van der Waals surface area contributed by atoms with E-state index in [0.29, 0.717) is 13.1 Å². The van der Waals surface area contributed by atoms with E-state index < -0.39 is 11.5 Å². The summed E-state index contributed by atoms with van der Waals surface area (Å²) in [4.78, 5) is 26.3. The zero-order valence-corrected chi connectivity index (χ0v) is 12.2. The van der Waals surface area contributed by atoms with Gasteiger partial charge in [-0.25, -0.2) is 4.79 Å². The quantitative estimate of drug-likeness (QED) is 0.913. The molecule has 2 aromatic rings. The van der Waals surface area contributed by atoms with Gasteiger partial charge in [0.15, 0.2) is 0 Å². The average molecular weight is 292 g/mol. The van der Waals surface area contributed by atoms with Gasteiger partial charge in [0.1, 0.15) is 5.56 Å². The average Bonchev–Trinajstić information content (AvgIpc) is 2.89. The van der Waals surface area contributed by atoms with Crippen molar-refractivity contribution in [1.29, 1.82) is 0 Å². The third kappa shape index (κ3) is 2.97. The van der Waals surface area contributed by atoms with Gasteiger partial charge in [0.2, 0.25) is 0 Å². The van der Waals surface area contributed by atoms with Crippen molar-refractivity contribution in [2.45, 2.75) is 6.54 Å². The molecule has 2 heterocycles. The molecule has 0 aliphatic heterocycles. The molecule has 2 rings (SSSR count). The molecule has 6 heteroatoms. The molecule has 0 unspecified atom stereocenters. The molecule has 0 aliphatic carbocycles. The zero-order valence-electron chi connectivity index (χ0n) is 11.4. The lowest BCUT2D eigenvalue weighted by molar-refractivity contribution is 0.0694. The fourth-order valence-electron chi connectivity index (χ4n) is 1.90. The second-order valence-electron chi connectivity index (χ2n) is 4.67. The van der Waals surface area contributed by atoms with Gasteiger partial charge in [-0.1, -0.05) is 6.07 Å². The SMILES string of the molecule is CN(C)CCn1c(-c2cccs2)ccc(C(=O)O)c1=O. The highest BCUT2D eigenvalue weighted by atomic mass is 32.1. The van der Waals surface area contributed by atoms with Gasteiger partial charge in [0.25, 0.3) is 5.56 Å². The van der Waals surface area contributed by atoms with E-state index in [1.165, 1.54) is 22.0 Å². The second kappa shape index (κ2) is 6.02. The molecule has 20 heavy (non-hydrogen) atoms. The normalized spacial score (nSPS) is 10.9. The fourth-order valence-corrected chi connectivity index (χ4v) is 2.66. The van der Waals surface area contributed by atoms with Gasteiger partial charge in [0, 0.05) is 13.1 Å². The lowest BCUT2D eigenvalue weighted by Gasteiger charge is -2.15. The summed E-state index contributed by atoms with van der Waals surface area (Å²) in [7, 11) is 3.83. The van der Waals surface area contributed by atoms with Gasteiger partial charge in [-0.3, -0.25) is 4.79 Å². The number of hydrogen-bond donors (Lipinski definition) is 1.